The molecule has 1 rings (SSSR count). The normalized spacial score (nSPS) is 18.8. The van der Waals surface area contributed by atoms with Gasteiger partial charge in [-0.1, -0.05) is 0 Å². The average Bonchev–Trinajstić information content (AvgIpc) is 3.17. The minimum Gasteiger partial charge on any atom is -0.481 e. The number of carbonyl (C=O) groups excluding carboxylic acids is 3. The number of nitrogens with one attached hydrogen (secondary N) is 2. The predicted molar refractivity (Wildman–Crippen MR) is 125 cm³/mol. The Bertz CT molecular complexity index is 744. The van der Waals surface area contributed by atoms with E-state index in [2.05, 4.69) is 15.6 Å². The molecule has 11 nitrogen and oxygen atoms in total. The molecule has 0 unspecified atom stereocenters. The molecule has 0 aromatic heterocycles. The molecule has 0 bridgehead atoms. The summed E-state index contributed by atoms with van der Waals surface area (Å²) in [6.45, 7) is 9.94. The second-order valence-corrected chi connectivity index (χ2v) is 9.69. The Labute approximate surface area is 195 Å². The summed E-state index contributed by atoms with van der Waals surface area (Å²) >= 11 is 0. The highest BCUT2D eigenvalue weighted by atomic mass is 16.4. The van der Waals surface area contributed by atoms with Gasteiger partial charge < -0.3 is 32.1 Å². The molecule has 1 heterocycles. The highest BCUT2D eigenvalue weighted by Gasteiger charge is 2.37. The summed E-state index contributed by atoms with van der Waals surface area (Å²) in [5, 5.41) is 15.3. The number of hydrogen-bond acceptors (Lipinski definition) is 6. The number of carboxylic acid groups (broad SMARTS) is 1. The van der Waals surface area contributed by atoms with Crippen LogP contribution >= 0.6 is 0 Å². The molecular weight excluding hydrogens is 428 g/mol. The second-order valence-electron chi connectivity index (χ2n) is 9.69. The third kappa shape index (κ3) is 9.77. The van der Waals surface area contributed by atoms with Gasteiger partial charge in [0.25, 0.3) is 0 Å². The van der Waals surface area contributed by atoms with Crippen LogP contribution in [0, 0.1) is 5.92 Å². The predicted octanol–water partition coefficient (Wildman–Crippen LogP) is -0.0277. The molecule has 188 valence electrons. The monoisotopic (exact) mass is 468 g/mol. The molecule has 0 saturated carbocycles. The molecule has 2 amide bonds. The molecule has 0 spiro atoms. The Balaban J connectivity index is 2.67. The number of likely N-dealkylation sites (tertiary alicyclic amines) is 1. The van der Waals surface area contributed by atoms with Crippen molar-refractivity contribution in [1.82, 2.24) is 15.5 Å². The number of guanidine groups is 1. The molecule has 0 aromatic rings. The van der Waals surface area contributed by atoms with Gasteiger partial charge in [-0.05, 0) is 60.3 Å². The summed E-state index contributed by atoms with van der Waals surface area (Å²) in [5.41, 5.74) is 10.2. The van der Waals surface area contributed by atoms with Crippen molar-refractivity contribution in [3.63, 3.8) is 0 Å². The van der Waals surface area contributed by atoms with E-state index in [0.29, 0.717) is 25.8 Å². The zero-order valence-electron chi connectivity index (χ0n) is 20.4. The first kappa shape index (κ1) is 28.3. The molecule has 11 heteroatoms. The van der Waals surface area contributed by atoms with Gasteiger partial charge in [0, 0.05) is 25.0 Å². The van der Waals surface area contributed by atoms with Gasteiger partial charge in [-0.25, -0.2) is 0 Å². The number of Topliss-reactive ketones (excluding diaryl/α,β-unsaturated/α-hetero) is 1. The quantitative estimate of drug-likeness (QED) is 0.150. The second kappa shape index (κ2) is 12.5. The van der Waals surface area contributed by atoms with Crippen LogP contribution in [-0.2, 0) is 19.2 Å². The highest BCUT2D eigenvalue weighted by Crippen LogP contribution is 2.20. The smallest absolute Gasteiger partial charge is 0.306 e. The van der Waals surface area contributed by atoms with E-state index in [0.717, 1.165) is 0 Å². The number of nitrogens with two attached hydrogens (primary N) is 2. The summed E-state index contributed by atoms with van der Waals surface area (Å²) in [5.74, 6) is -2.98. The zero-order chi connectivity index (χ0) is 25.3. The number of rotatable bonds is 12. The van der Waals surface area contributed by atoms with E-state index in [1.165, 1.54) is 6.92 Å². The summed E-state index contributed by atoms with van der Waals surface area (Å²) in [7, 11) is 0. The summed E-state index contributed by atoms with van der Waals surface area (Å²) < 4.78 is 0. The first-order valence-electron chi connectivity index (χ1n) is 11.4. The van der Waals surface area contributed by atoms with Crippen LogP contribution in [-0.4, -0.2) is 76.3 Å². The SMILES string of the molecule is C[C@H](NC(=O)[C@@H]1CCCN1C(=O)[C@H](C)NC(C)(C)C)C(=O)C[C@@H](CCCN=C(N)N)C(=O)O. The molecule has 1 aliphatic rings. The third-order valence-corrected chi connectivity index (χ3v) is 5.50. The number of ketones is 1. The number of amides is 2. The fraction of sp³-hybridized carbons (Fsp3) is 0.773. The van der Waals surface area contributed by atoms with Crippen molar-refractivity contribution in [2.24, 2.45) is 22.4 Å². The number of hydrogen-bond donors (Lipinski definition) is 5. The molecule has 33 heavy (non-hydrogen) atoms. The topological polar surface area (TPSA) is 180 Å². The molecule has 1 aliphatic heterocycles. The van der Waals surface area contributed by atoms with Gasteiger partial charge in [-0.3, -0.25) is 24.2 Å². The van der Waals surface area contributed by atoms with Crippen LogP contribution in [0.2, 0.25) is 0 Å². The number of carbonyl (C=O) groups is 4. The summed E-state index contributed by atoms with van der Waals surface area (Å²) in [6, 6.07) is -1.96. The van der Waals surface area contributed by atoms with Crippen LogP contribution in [0.25, 0.3) is 0 Å². The Hall–Kier alpha value is -2.69. The largest absolute Gasteiger partial charge is 0.481 e. The van der Waals surface area contributed by atoms with Crippen molar-refractivity contribution >= 4 is 29.5 Å². The maximum Gasteiger partial charge on any atom is 0.306 e. The lowest BCUT2D eigenvalue weighted by molar-refractivity contribution is -0.144. The van der Waals surface area contributed by atoms with Crippen LogP contribution in [0.15, 0.2) is 4.99 Å². The zero-order valence-corrected chi connectivity index (χ0v) is 20.4. The maximum atomic E-state index is 12.9. The Morgan fingerprint density at radius 2 is 1.79 bits per heavy atom. The number of carboxylic acids is 1. The molecular formula is C22H40N6O5. The van der Waals surface area contributed by atoms with Crippen molar-refractivity contribution < 1.29 is 24.3 Å². The maximum absolute atomic E-state index is 12.9. The number of aliphatic carboxylic acids is 1. The van der Waals surface area contributed by atoms with Gasteiger partial charge in [-0.2, -0.15) is 0 Å². The highest BCUT2D eigenvalue weighted by molar-refractivity contribution is 5.94. The van der Waals surface area contributed by atoms with E-state index in [1.807, 2.05) is 20.8 Å². The van der Waals surface area contributed by atoms with E-state index in [1.54, 1.807) is 11.8 Å². The fourth-order valence-corrected chi connectivity index (χ4v) is 3.93. The molecule has 0 radical (unpaired) electrons. The van der Waals surface area contributed by atoms with E-state index in [-0.39, 0.29) is 42.6 Å². The van der Waals surface area contributed by atoms with Crippen molar-refractivity contribution in [3.05, 3.63) is 0 Å². The minimum atomic E-state index is -1.08. The fourth-order valence-electron chi connectivity index (χ4n) is 3.93. The summed E-state index contributed by atoms with van der Waals surface area (Å²) in [6.07, 6.45) is 1.66. The van der Waals surface area contributed by atoms with Crippen molar-refractivity contribution in [2.45, 2.75) is 90.4 Å². The lowest BCUT2D eigenvalue weighted by Crippen LogP contribution is -2.56. The molecule has 7 N–H and O–H groups in total. The molecule has 4 atom stereocenters. The van der Waals surface area contributed by atoms with Crippen LogP contribution in [0.4, 0.5) is 0 Å². The van der Waals surface area contributed by atoms with Crippen molar-refractivity contribution in [1.29, 1.82) is 0 Å². The van der Waals surface area contributed by atoms with E-state index >= 15 is 0 Å². The van der Waals surface area contributed by atoms with E-state index in [9.17, 15) is 24.3 Å². The standard InChI is InChI=1S/C22H40N6O5/c1-13(17(29)12-15(20(32)33)8-6-10-25-21(23)24)26-18(30)16-9-7-11-28(16)19(31)14(2)27-22(3,4)5/h13-16,27H,6-12H2,1-5H3,(H,26,30)(H,32,33)(H4,23,24,25)/t13-,14-,15+,16-/m0/s1. The first-order valence-corrected chi connectivity index (χ1v) is 11.4. The first-order chi connectivity index (χ1) is 15.2. The van der Waals surface area contributed by atoms with Crippen LogP contribution in [0.5, 0.6) is 0 Å². The average molecular weight is 469 g/mol. The Morgan fingerprint density at radius 3 is 2.33 bits per heavy atom. The molecule has 1 saturated heterocycles. The van der Waals surface area contributed by atoms with Crippen molar-refractivity contribution in [3.8, 4) is 0 Å². The van der Waals surface area contributed by atoms with E-state index in [4.69, 9.17) is 11.5 Å². The van der Waals surface area contributed by atoms with Crippen molar-refractivity contribution in [2.75, 3.05) is 13.1 Å². The van der Waals surface area contributed by atoms with Gasteiger partial charge in [-0.15, -0.1) is 0 Å². The molecule has 0 aromatic carbocycles. The van der Waals surface area contributed by atoms with Crippen LogP contribution in [0.1, 0.15) is 66.7 Å². The third-order valence-electron chi connectivity index (χ3n) is 5.50. The lowest BCUT2D eigenvalue weighted by atomic mass is 9.94. The van der Waals surface area contributed by atoms with Gasteiger partial charge >= 0.3 is 5.97 Å². The van der Waals surface area contributed by atoms with Gasteiger partial charge in [0.05, 0.1) is 18.0 Å². The molecule has 0 aliphatic carbocycles. The van der Waals surface area contributed by atoms with E-state index < -0.39 is 35.9 Å². The van der Waals surface area contributed by atoms with Gasteiger partial charge in [0.15, 0.2) is 11.7 Å². The van der Waals surface area contributed by atoms with Gasteiger partial charge in [0.1, 0.15) is 6.04 Å². The number of aliphatic imine (C=N–C) groups is 1. The lowest BCUT2D eigenvalue weighted by Gasteiger charge is -2.31. The number of nitrogens with zero attached hydrogens (tertiary/aromatic N) is 2. The van der Waals surface area contributed by atoms with Gasteiger partial charge in [0.2, 0.25) is 11.8 Å². The Morgan fingerprint density at radius 1 is 1.15 bits per heavy atom. The Kier molecular flexibility index (Phi) is 10.8. The van der Waals surface area contributed by atoms with Crippen LogP contribution in [0.3, 0.4) is 0 Å². The summed E-state index contributed by atoms with van der Waals surface area (Å²) in [4.78, 5) is 55.2. The molecule has 1 fully saturated rings. The minimum absolute atomic E-state index is 0.0719. The van der Waals surface area contributed by atoms with Crippen LogP contribution < -0.4 is 22.1 Å².